The van der Waals surface area contributed by atoms with Crippen LogP contribution in [0.4, 0.5) is 5.69 Å². The molecule has 1 aliphatic rings. The van der Waals surface area contributed by atoms with Gasteiger partial charge in [-0.3, -0.25) is 0 Å². The van der Waals surface area contributed by atoms with Crippen LogP contribution in [0.5, 0.6) is 17.2 Å². The summed E-state index contributed by atoms with van der Waals surface area (Å²) in [5.41, 5.74) is 1.18. The maximum Gasteiger partial charge on any atom is 0.203 e. The molecule has 5 nitrogen and oxygen atoms in total. The molecule has 1 fully saturated rings. The van der Waals surface area contributed by atoms with E-state index in [1.54, 1.807) is 21.3 Å². The minimum Gasteiger partial charge on any atom is -0.493 e. The van der Waals surface area contributed by atoms with Gasteiger partial charge >= 0.3 is 0 Å². The van der Waals surface area contributed by atoms with Crippen LogP contribution in [0.25, 0.3) is 0 Å². The molecule has 0 saturated carbocycles. The Bertz CT molecular complexity index is 463. The van der Waals surface area contributed by atoms with Crippen molar-refractivity contribution in [3.8, 4) is 17.2 Å². The fourth-order valence-electron chi connectivity index (χ4n) is 2.78. The zero-order chi connectivity index (χ0) is 15.5. The Labute approximate surface area is 127 Å². The Morgan fingerprint density at radius 1 is 1.05 bits per heavy atom. The molecule has 1 N–H and O–H groups in total. The minimum absolute atomic E-state index is 0.0803. The molecule has 0 aliphatic carbocycles. The normalized spacial score (nSPS) is 18.0. The number of rotatable bonds is 4. The first-order valence-electron chi connectivity index (χ1n) is 7.30. The van der Waals surface area contributed by atoms with Gasteiger partial charge in [0.2, 0.25) is 5.75 Å². The molecule has 0 radical (unpaired) electrons. The van der Waals surface area contributed by atoms with Gasteiger partial charge in [0, 0.05) is 36.4 Å². The van der Waals surface area contributed by atoms with Crippen molar-refractivity contribution in [2.45, 2.75) is 25.8 Å². The van der Waals surface area contributed by atoms with Gasteiger partial charge in [0.1, 0.15) is 0 Å². The first-order chi connectivity index (χ1) is 10.0. The number of benzene rings is 1. The van der Waals surface area contributed by atoms with Gasteiger partial charge in [-0.25, -0.2) is 0 Å². The third-order valence-corrected chi connectivity index (χ3v) is 3.81. The predicted molar refractivity (Wildman–Crippen MR) is 85.0 cm³/mol. The van der Waals surface area contributed by atoms with Gasteiger partial charge in [0.05, 0.1) is 21.3 Å². The number of ether oxygens (including phenoxy) is 3. The Kier molecular flexibility index (Phi) is 4.83. The van der Waals surface area contributed by atoms with E-state index in [2.05, 4.69) is 24.1 Å². The van der Waals surface area contributed by atoms with Gasteiger partial charge < -0.3 is 24.4 Å². The molecule has 0 atom stereocenters. The summed E-state index contributed by atoms with van der Waals surface area (Å²) >= 11 is 0. The van der Waals surface area contributed by atoms with Crippen molar-refractivity contribution >= 4 is 5.69 Å². The second-order valence-corrected chi connectivity index (χ2v) is 5.97. The van der Waals surface area contributed by atoms with E-state index >= 15 is 0 Å². The molecular formula is C16H26N2O3. The number of methoxy groups -OCH3 is 3. The van der Waals surface area contributed by atoms with Gasteiger partial charge in [0.15, 0.2) is 11.5 Å². The standard InChI is InChI=1S/C16H26N2O3/c1-16(2)11-18(8-6-7-17-16)12-9-13(19-3)15(21-5)14(10-12)20-4/h9-10,17H,6-8,11H2,1-5H3. The highest BCUT2D eigenvalue weighted by Crippen LogP contribution is 2.41. The van der Waals surface area contributed by atoms with Crippen LogP contribution in [0.1, 0.15) is 20.3 Å². The highest BCUT2D eigenvalue weighted by molar-refractivity contribution is 5.63. The second-order valence-electron chi connectivity index (χ2n) is 5.97. The van der Waals surface area contributed by atoms with Gasteiger partial charge in [-0.15, -0.1) is 0 Å². The van der Waals surface area contributed by atoms with E-state index in [0.29, 0.717) is 17.2 Å². The van der Waals surface area contributed by atoms with Crippen molar-refractivity contribution < 1.29 is 14.2 Å². The summed E-state index contributed by atoms with van der Waals surface area (Å²) in [6.07, 6.45) is 1.11. The summed E-state index contributed by atoms with van der Waals surface area (Å²) in [6, 6.07) is 4.03. The molecule has 0 unspecified atom stereocenters. The Morgan fingerprint density at radius 3 is 2.19 bits per heavy atom. The number of nitrogens with one attached hydrogen (secondary N) is 1. The van der Waals surface area contributed by atoms with Crippen molar-refractivity contribution in [1.29, 1.82) is 0 Å². The maximum atomic E-state index is 5.45. The number of hydrogen-bond acceptors (Lipinski definition) is 5. The van der Waals surface area contributed by atoms with E-state index < -0.39 is 0 Å². The lowest BCUT2D eigenvalue weighted by Gasteiger charge is -2.32. The van der Waals surface area contributed by atoms with E-state index in [0.717, 1.165) is 31.7 Å². The van der Waals surface area contributed by atoms with Crippen LogP contribution < -0.4 is 24.4 Å². The van der Waals surface area contributed by atoms with Crippen molar-refractivity contribution in [3.05, 3.63) is 12.1 Å². The zero-order valence-electron chi connectivity index (χ0n) is 13.7. The van der Waals surface area contributed by atoms with Crippen LogP contribution in [0.3, 0.4) is 0 Å². The number of hydrogen-bond donors (Lipinski definition) is 1. The largest absolute Gasteiger partial charge is 0.493 e. The summed E-state index contributed by atoms with van der Waals surface area (Å²) in [7, 11) is 4.92. The topological polar surface area (TPSA) is 43.0 Å². The molecule has 5 heteroatoms. The van der Waals surface area contributed by atoms with Crippen molar-refractivity contribution in [2.75, 3.05) is 45.9 Å². The van der Waals surface area contributed by atoms with Crippen LogP contribution in [-0.2, 0) is 0 Å². The van der Waals surface area contributed by atoms with Crippen molar-refractivity contribution in [1.82, 2.24) is 5.32 Å². The van der Waals surface area contributed by atoms with Gasteiger partial charge in [-0.1, -0.05) is 0 Å². The lowest BCUT2D eigenvalue weighted by atomic mass is 10.1. The summed E-state index contributed by atoms with van der Waals surface area (Å²) in [6.45, 7) is 7.43. The molecule has 1 saturated heterocycles. The average Bonchev–Trinajstić information content (AvgIpc) is 2.66. The van der Waals surface area contributed by atoms with E-state index in [4.69, 9.17) is 14.2 Å². The highest BCUT2D eigenvalue weighted by atomic mass is 16.5. The molecule has 1 aromatic rings. The van der Waals surface area contributed by atoms with E-state index in [1.807, 2.05) is 12.1 Å². The highest BCUT2D eigenvalue weighted by Gasteiger charge is 2.25. The van der Waals surface area contributed by atoms with Gasteiger partial charge in [-0.2, -0.15) is 0 Å². The molecule has 1 aliphatic heterocycles. The molecule has 0 spiro atoms. The number of nitrogens with zero attached hydrogens (tertiary/aromatic N) is 1. The van der Waals surface area contributed by atoms with Crippen LogP contribution >= 0.6 is 0 Å². The smallest absolute Gasteiger partial charge is 0.203 e. The predicted octanol–water partition coefficient (Wildman–Crippen LogP) is 2.29. The quantitative estimate of drug-likeness (QED) is 0.923. The van der Waals surface area contributed by atoms with Crippen molar-refractivity contribution in [2.24, 2.45) is 0 Å². The third-order valence-electron chi connectivity index (χ3n) is 3.81. The molecular weight excluding hydrogens is 268 g/mol. The first kappa shape index (κ1) is 15.8. The Balaban J connectivity index is 2.38. The zero-order valence-corrected chi connectivity index (χ0v) is 13.7. The maximum absolute atomic E-state index is 5.45. The molecule has 118 valence electrons. The van der Waals surface area contributed by atoms with Gasteiger partial charge in [-0.05, 0) is 26.8 Å². The minimum atomic E-state index is 0.0803. The summed E-state index contributed by atoms with van der Waals surface area (Å²) in [5.74, 6) is 2.03. The van der Waals surface area contributed by atoms with Crippen LogP contribution in [0.15, 0.2) is 12.1 Å². The van der Waals surface area contributed by atoms with E-state index in [1.165, 1.54) is 0 Å². The van der Waals surface area contributed by atoms with Crippen LogP contribution in [0, 0.1) is 0 Å². The van der Waals surface area contributed by atoms with Crippen LogP contribution in [-0.4, -0.2) is 46.5 Å². The summed E-state index contributed by atoms with van der Waals surface area (Å²) in [4.78, 5) is 2.37. The lowest BCUT2D eigenvalue weighted by molar-refractivity contribution is 0.324. The molecule has 1 aromatic carbocycles. The second kappa shape index (κ2) is 6.43. The lowest BCUT2D eigenvalue weighted by Crippen LogP contribution is -2.46. The summed E-state index contributed by atoms with van der Waals surface area (Å²) < 4.78 is 16.3. The first-order valence-corrected chi connectivity index (χ1v) is 7.30. The Hall–Kier alpha value is -1.62. The molecule has 2 rings (SSSR count). The third kappa shape index (κ3) is 3.53. The molecule has 21 heavy (non-hydrogen) atoms. The van der Waals surface area contributed by atoms with Crippen molar-refractivity contribution in [3.63, 3.8) is 0 Å². The molecule has 0 aromatic heterocycles. The average molecular weight is 294 g/mol. The summed E-state index contributed by atoms with van der Waals surface area (Å²) in [5, 5.41) is 3.57. The SMILES string of the molecule is COc1cc(N2CCCNC(C)(C)C2)cc(OC)c1OC. The van der Waals surface area contributed by atoms with E-state index in [9.17, 15) is 0 Å². The fraction of sp³-hybridized carbons (Fsp3) is 0.625. The monoisotopic (exact) mass is 294 g/mol. The van der Waals surface area contributed by atoms with Crippen LogP contribution in [0.2, 0.25) is 0 Å². The number of anilines is 1. The molecule has 0 amide bonds. The fourth-order valence-corrected chi connectivity index (χ4v) is 2.78. The molecule has 0 bridgehead atoms. The van der Waals surface area contributed by atoms with Gasteiger partial charge in [0.25, 0.3) is 0 Å². The van der Waals surface area contributed by atoms with E-state index in [-0.39, 0.29) is 5.54 Å². The molecule has 1 heterocycles. The Morgan fingerprint density at radius 2 is 1.67 bits per heavy atom.